The lowest BCUT2D eigenvalue weighted by Gasteiger charge is -2.68. The summed E-state index contributed by atoms with van der Waals surface area (Å²) in [5.74, 6) is 0.104. The SMILES string of the molecule is CCOC(=O)N(c1c(Oc2ccc(NC(=O)c3cnn(C45CC(CCC4C)C5(C)C)c3CC)cc2F)ccnc1N)C(C)C. The third kappa shape index (κ3) is 4.95. The minimum Gasteiger partial charge on any atom is -0.452 e. The van der Waals surface area contributed by atoms with Crippen LogP contribution < -0.4 is 20.7 Å². The van der Waals surface area contributed by atoms with Crippen molar-refractivity contribution in [2.24, 2.45) is 17.3 Å². The van der Waals surface area contributed by atoms with Gasteiger partial charge in [-0.05, 0) is 75.8 Å². The third-order valence-electron chi connectivity index (χ3n) is 9.83. The van der Waals surface area contributed by atoms with Crippen LogP contribution in [0.1, 0.15) is 83.8 Å². The second kappa shape index (κ2) is 11.7. The van der Waals surface area contributed by atoms with Crippen molar-refractivity contribution in [2.75, 3.05) is 22.6 Å². The molecule has 3 unspecified atom stereocenters. The van der Waals surface area contributed by atoms with E-state index in [1.54, 1.807) is 33.0 Å². The molecule has 0 aliphatic heterocycles. The summed E-state index contributed by atoms with van der Waals surface area (Å²) in [5, 5.41) is 7.62. The monoisotopic (exact) mass is 606 g/mol. The zero-order valence-electron chi connectivity index (χ0n) is 26.6. The first-order chi connectivity index (χ1) is 20.9. The highest BCUT2D eigenvalue weighted by Crippen LogP contribution is 2.68. The number of halogens is 1. The molecule has 2 aromatic heterocycles. The number of amides is 2. The lowest BCUT2D eigenvalue weighted by atomic mass is 9.41. The Balaban J connectivity index is 1.38. The Morgan fingerprint density at radius 1 is 1.20 bits per heavy atom. The van der Waals surface area contributed by atoms with Crippen molar-refractivity contribution in [3.05, 3.63) is 53.7 Å². The molecule has 236 valence electrons. The van der Waals surface area contributed by atoms with Gasteiger partial charge in [-0.15, -0.1) is 0 Å². The first-order valence-corrected chi connectivity index (χ1v) is 15.4. The first kappa shape index (κ1) is 31.3. The largest absolute Gasteiger partial charge is 0.452 e. The zero-order chi connectivity index (χ0) is 32.0. The number of hydrogen-bond donors (Lipinski definition) is 2. The van der Waals surface area contributed by atoms with Gasteiger partial charge >= 0.3 is 6.09 Å². The van der Waals surface area contributed by atoms with Crippen molar-refractivity contribution in [3.63, 3.8) is 0 Å². The molecule has 2 heterocycles. The number of anilines is 3. The number of carbonyl (C=O) groups is 2. The fourth-order valence-corrected chi connectivity index (χ4v) is 7.43. The van der Waals surface area contributed by atoms with E-state index < -0.39 is 11.9 Å². The molecule has 6 rings (SSSR count). The number of hydrogen-bond acceptors (Lipinski definition) is 7. The molecule has 0 radical (unpaired) electrons. The van der Waals surface area contributed by atoms with Crippen LogP contribution in [0.15, 0.2) is 36.7 Å². The average molecular weight is 607 g/mol. The topological polar surface area (TPSA) is 125 Å². The fraction of sp³-hybridized carbons (Fsp3) is 0.515. The maximum absolute atomic E-state index is 15.4. The zero-order valence-corrected chi connectivity index (χ0v) is 26.6. The van der Waals surface area contributed by atoms with E-state index in [1.165, 1.54) is 35.7 Å². The van der Waals surface area contributed by atoms with Crippen molar-refractivity contribution in [1.29, 1.82) is 0 Å². The van der Waals surface area contributed by atoms with Gasteiger partial charge in [-0.3, -0.25) is 14.4 Å². The van der Waals surface area contributed by atoms with Gasteiger partial charge in [-0.1, -0.05) is 27.7 Å². The molecule has 2 bridgehead atoms. The lowest BCUT2D eigenvalue weighted by Crippen LogP contribution is -2.68. The number of benzene rings is 1. The smallest absolute Gasteiger partial charge is 0.414 e. The van der Waals surface area contributed by atoms with Crippen LogP contribution in [0.3, 0.4) is 0 Å². The fourth-order valence-electron chi connectivity index (χ4n) is 7.43. The molecular weight excluding hydrogens is 563 g/mol. The minimum atomic E-state index is -0.708. The number of pyridine rings is 1. The number of rotatable bonds is 9. The summed E-state index contributed by atoms with van der Waals surface area (Å²) >= 11 is 0. The highest BCUT2D eigenvalue weighted by Gasteiger charge is 2.66. The Hall–Kier alpha value is -4.15. The van der Waals surface area contributed by atoms with Crippen molar-refractivity contribution in [2.45, 2.75) is 85.7 Å². The normalized spacial score (nSPS) is 21.8. The standard InChI is InChI=1S/C33H43FN6O4/c1-8-25-23(18-37-40(25)33-17-21(32(33,6)7)11-10-20(33)5)30(41)38-22-12-13-26(24(34)16-22)44-27-14-15-36-29(35)28(27)39(19(3)4)31(42)43-9-2/h12-16,18-21H,8-11,17H2,1-7H3,(H2,35,36)(H,38,41). The maximum atomic E-state index is 15.4. The van der Waals surface area contributed by atoms with E-state index in [0.29, 0.717) is 23.8 Å². The van der Waals surface area contributed by atoms with Gasteiger partial charge in [0, 0.05) is 30.1 Å². The van der Waals surface area contributed by atoms with Crippen LogP contribution in [0.5, 0.6) is 11.5 Å². The molecule has 3 aliphatic rings. The van der Waals surface area contributed by atoms with Crippen molar-refractivity contribution >= 4 is 29.2 Å². The predicted octanol–water partition coefficient (Wildman–Crippen LogP) is 7.15. The Bertz CT molecular complexity index is 1570. The quantitative estimate of drug-likeness (QED) is 0.265. The molecule has 3 fully saturated rings. The van der Waals surface area contributed by atoms with Crippen LogP contribution in [-0.2, 0) is 16.7 Å². The summed E-state index contributed by atoms with van der Waals surface area (Å²) in [6.45, 7) is 14.4. The predicted molar refractivity (Wildman–Crippen MR) is 168 cm³/mol. The minimum absolute atomic E-state index is 0.0313. The van der Waals surface area contributed by atoms with Gasteiger partial charge in [0.25, 0.3) is 5.91 Å². The van der Waals surface area contributed by atoms with E-state index in [4.69, 9.17) is 20.3 Å². The number of nitrogens with two attached hydrogens (primary N) is 1. The molecule has 0 spiro atoms. The lowest BCUT2D eigenvalue weighted by molar-refractivity contribution is -0.186. The van der Waals surface area contributed by atoms with E-state index in [0.717, 1.165) is 18.5 Å². The molecule has 3 atom stereocenters. The maximum Gasteiger partial charge on any atom is 0.414 e. The summed E-state index contributed by atoms with van der Waals surface area (Å²) < 4.78 is 28.6. The van der Waals surface area contributed by atoms with Crippen molar-refractivity contribution < 1.29 is 23.5 Å². The Kier molecular flexibility index (Phi) is 8.35. The molecule has 3 saturated carbocycles. The molecule has 11 heteroatoms. The molecule has 44 heavy (non-hydrogen) atoms. The van der Waals surface area contributed by atoms with Gasteiger partial charge in [0.2, 0.25) is 0 Å². The molecule has 0 saturated heterocycles. The van der Waals surface area contributed by atoms with Crippen LogP contribution >= 0.6 is 0 Å². The van der Waals surface area contributed by atoms with Gasteiger partial charge in [-0.25, -0.2) is 14.2 Å². The Morgan fingerprint density at radius 3 is 2.57 bits per heavy atom. The van der Waals surface area contributed by atoms with Crippen LogP contribution in [0.2, 0.25) is 0 Å². The molecule has 2 amide bonds. The van der Waals surface area contributed by atoms with Crippen molar-refractivity contribution in [1.82, 2.24) is 14.8 Å². The summed E-state index contributed by atoms with van der Waals surface area (Å²) in [6.07, 6.45) is 6.53. The molecule has 3 N–H and O–H groups in total. The molecule has 10 nitrogen and oxygen atoms in total. The molecule has 1 aromatic carbocycles. The second-order valence-corrected chi connectivity index (χ2v) is 12.7. The number of fused-ring (bicyclic) bond motifs is 2. The van der Waals surface area contributed by atoms with Gasteiger partial charge in [0.05, 0.1) is 29.6 Å². The number of nitrogens with zero attached hydrogens (tertiary/aromatic N) is 4. The summed E-state index contributed by atoms with van der Waals surface area (Å²) in [6, 6.07) is 5.32. The van der Waals surface area contributed by atoms with E-state index in [-0.39, 0.29) is 58.2 Å². The second-order valence-electron chi connectivity index (χ2n) is 12.7. The van der Waals surface area contributed by atoms with Crippen LogP contribution in [0, 0.1) is 23.1 Å². The number of nitrogen functional groups attached to an aromatic ring is 1. The van der Waals surface area contributed by atoms with Gasteiger partial charge in [-0.2, -0.15) is 5.10 Å². The van der Waals surface area contributed by atoms with Crippen LogP contribution in [-0.4, -0.2) is 39.4 Å². The van der Waals surface area contributed by atoms with E-state index >= 15 is 4.39 Å². The number of aromatic nitrogens is 3. The summed E-state index contributed by atoms with van der Waals surface area (Å²) in [4.78, 5) is 31.6. The van der Waals surface area contributed by atoms with E-state index in [9.17, 15) is 9.59 Å². The van der Waals surface area contributed by atoms with E-state index in [2.05, 4.69) is 35.8 Å². The number of ether oxygens (including phenoxy) is 2. The summed E-state index contributed by atoms with van der Waals surface area (Å²) in [5.41, 5.74) is 7.94. The average Bonchev–Trinajstić information content (AvgIpc) is 3.40. The molecule has 3 aromatic rings. The van der Waals surface area contributed by atoms with Crippen LogP contribution in [0.25, 0.3) is 0 Å². The Labute approximate surface area is 258 Å². The third-order valence-corrected chi connectivity index (χ3v) is 9.83. The van der Waals surface area contributed by atoms with Crippen LogP contribution in [0.4, 0.5) is 26.4 Å². The first-order valence-electron chi connectivity index (χ1n) is 15.4. The molecular formula is C33H43FN6O4. The highest BCUT2D eigenvalue weighted by atomic mass is 19.1. The van der Waals surface area contributed by atoms with Gasteiger partial charge in [0.1, 0.15) is 5.69 Å². The summed E-state index contributed by atoms with van der Waals surface area (Å²) in [7, 11) is 0. The van der Waals surface area contributed by atoms with E-state index in [1.807, 2.05) is 6.92 Å². The van der Waals surface area contributed by atoms with Gasteiger partial charge in [0.15, 0.2) is 23.1 Å². The highest BCUT2D eigenvalue weighted by molar-refractivity contribution is 6.05. The number of carbonyl (C=O) groups excluding carboxylic acids is 2. The van der Waals surface area contributed by atoms with Gasteiger partial charge < -0.3 is 20.5 Å². The Morgan fingerprint density at radius 2 is 1.95 bits per heavy atom. The number of nitrogens with one attached hydrogen (secondary N) is 1. The molecule has 3 aliphatic carbocycles. The van der Waals surface area contributed by atoms with Crippen molar-refractivity contribution in [3.8, 4) is 11.5 Å².